The predicted molar refractivity (Wildman–Crippen MR) is 108 cm³/mol. The number of allylic oxidation sites excluding steroid dienone is 1. The van der Waals surface area contributed by atoms with Crippen LogP contribution in [0, 0.1) is 0 Å². The average Bonchev–Trinajstić information content (AvgIpc) is 2.66. The van der Waals surface area contributed by atoms with Crippen LogP contribution in [0.25, 0.3) is 6.08 Å². The Bertz CT molecular complexity index is 912. The van der Waals surface area contributed by atoms with Gasteiger partial charge in [0.05, 0.1) is 5.69 Å². The summed E-state index contributed by atoms with van der Waals surface area (Å²) in [7, 11) is 0. The van der Waals surface area contributed by atoms with Crippen molar-refractivity contribution in [1.82, 2.24) is 0 Å². The molecule has 122 valence electrons. The van der Waals surface area contributed by atoms with Crippen LogP contribution < -0.4 is 0 Å². The highest BCUT2D eigenvalue weighted by Crippen LogP contribution is 2.20. The molecule has 0 unspecified atom stereocenters. The van der Waals surface area contributed by atoms with E-state index in [1.165, 1.54) is 0 Å². The van der Waals surface area contributed by atoms with Crippen molar-refractivity contribution in [1.29, 1.82) is 0 Å². The van der Waals surface area contributed by atoms with E-state index in [4.69, 9.17) is 0 Å². The zero-order valence-electron chi connectivity index (χ0n) is 13.5. The van der Waals surface area contributed by atoms with Gasteiger partial charge in [0, 0.05) is 21.8 Å². The van der Waals surface area contributed by atoms with E-state index < -0.39 is 0 Å². The maximum atomic E-state index is 12.3. The summed E-state index contributed by atoms with van der Waals surface area (Å²) in [6.07, 6.45) is 5.21. The maximum absolute atomic E-state index is 12.3. The van der Waals surface area contributed by atoms with Crippen molar-refractivity contribution in [3.63, 3.8) is 0 Å². The summed E-state index contributed by atoms with van der Waals surface area (Å²) in [6, 6.07) is 25.0. The molecular formula is C22H16BrNO. The van der Waals surface area contributed by atoms with Crippen LogP contribution in [0.3, 0.4) is 0 Å². The molecule has 0 N–H and O–H groups in total. The number of hydrogen-bond donors (Lipinski definition) is 0. The maximum Gasteiger partial charge on any atom is 0.185 e. The molecule has 0 aromatic heterocycles. The smallest absolute Gasteiger partial charge is 0.185 e. The Labute approximate surface area is 155 Å². The van der Waals surface area contributed by atoms with Gasteiger partial charge in [-0.15, -0.1) is 0 Å². The standard InChI is InChI=1S/C22H16BrNO/c23-20-13-10-19(11-14-20)22(25)15-12-18-8-4-5-9-21(18)24-16-17-6-2-1-3-7-17/h1-16H/b15-12+,24-16?. The molecule has 0 fully saturated rings. The van der Waals surface area contributed by atoms with Crippen LogP contribution in [-0.4, -0.2) is 12.0 Å². The first-order valence-electron chi connectivity index (χ1n) is 7.88. The molecule has 0 saturated heterocycles. The Kier molecular flexibility index (Phi) is 5.70. The van der Waals surface area contributed by atoms with Gasteiger partial charge >= 0.3 is 0 Å². The Balaban J connectivity index is 1.80. The molecule has 0 amide bonds. The Morgan fingerprint density at radius 3 is 2.28 bits per heavy atom. The van der Waals surface area contributed by atoms with Gasteiger partial charge in [0.15, 0.2) is 5.78 Å². The van der Waals surface area contributed by atoms with Crippen LogP contribution >= 0.6 is 15.9 Å². The van der Waals surface area contributed by atoms with E-state index in [-0.39, 0.29) is 5.78 Å². The summed E-state index contributed by atoms with van der Waals surface area (Å²) in [4.78, 5) is 16.8. The molecule has 0 bridgehead atoms. The first-order valence-corrected chi connectivity index (χ1v) is 8.68. The van der Waals surface area contributed by atoms with Gasteiger partial charge in [0.1, 0.15) is 0 Å². The highest BCUT2D eigenvalue weighted by Gasteiger charge is 2.02. The predicted octanol–water partition coefficient (Wildman–Crippen LogP) is 6.10. The fraction of sp³-hybridized carbons (Fsp3) is 0. The quantitative estimate of drug-likeness (QED) is 0.294. The van der Waals surface area contributed by atoms with Crippen molar-refractivity contribution < 1.29 is 4.79 Å². The molecule has 3 aromatic carbocycles. The summed E-state index contributed by atoms with van der Waals surface area (Å²) < 4.78 is 0.952. The molecule has 0 radical (unpaired) electrons. The molecule has 0 spiro atoms. The van der Waals surface area contributed by atoms with Crippen molar-refractivity contribution >= 4 is 39.7 Å². The topological polar surface area (TPSA) is 29.4 Å². The first-order chi connectivity index (χ1) is 12.2. The molecule has 0 aliphatic heterocycles. The number of rotatable bonds is 5. The number of para-hydroxylation sites is 1. The van der Waals surface area contributed by atoms with Crippen LogP contribution in [0.2, 0.25) is 0 Å². The van der Waals surface area contributed by atoms with Gasteiger partial charge in [-0.25, -0.2) is 0 Å². The number of carbonyl (C=O) groups excluding carboxylic acids is 1. The van der Waals surface area contributed by atoms with E-state index in [0.29, 0.717) is 5.56 Å². The number of ketones is 1. The molecule has 0 aliphatic rings. The number of hydrogen-bond acceptors (Lipinski definition) is 2. The second-order valence-electron chi connectivity index (χ2n) is 5.43. The lowest BCUT2D eigenvalue weighted by atomic mass is 10.1. The molecular weight excluding hydrogens is 374 g/mol. The molecule has 0 atom stereocenters. The summed E-state index contributed by atoms with van der Waals surface area (Å²) >= 11 is 3.37. The van der Waals surface area contributed by atoms with E-state index in [0.717, 1.165) is 21.3 Å². The SMILES string of the molecule is O=C(/C=C/c1ccccc1N=Cc1ccccc1)c1ccc(Br)cc1. The van der Waals surface area contributed by atoms with E-state index >= 15 is 0 Å². The molecule has 0 heterocycles. The van der Waals surface area contributed by atoms with Gasteiger partial charge in [-0.2, -0.15) is 0 Å². The highest BCUT2D eigenvalue weighted by molar-refractivity contribution is 9.10. The molecule has 3 rings (SSSR count). The van der Waals surface area contributed by atoms with Crippen LogP contribution in [0.5, 0.6) is 0 Å². The van der Waals surface area contributed by atoms with Crippen molar-refractivity contribution in [2.45, 2.75) is 0 Å². The number of carbonyl (C=O) groups is 1. The lowest BCUT2D eigenvalue weighted by Gasteiger charge is -2.01. The lowest BCUT2D eigenvalue weighted by Crippen LogP contribution is -1.93. The minimum atomic E-state index is -0.0330. The second-order valence-corrected chi connectivity index (χ2v) is 6.35. The Hall–Kier alpha value is -2.78. The zero-order chi connectivity index (χ0) is 17.5. The van der Waals surface area contributed by atoms with E-state index in [1.807, 2.05) is 79.0 Å². The van der Waals surface area contributed by atoms with E-state index in [9.17, 15) is 4.79 Å². The third-order valence-electron chi connectivity index (χ3n) is 3.63. The van der Waals surface area contributed by atoms with Crippen molar-refractivity contribution in [3.05, 3.63) is 106 Å². The van der Waals surface area contributed by atoms with Crippen molar-refractivity contribution in [2.24, 2.45) is 4.99 Å². The normalized spacial score (nSPS) is 11.2. The van der Waals surface area contributed by atoms with Gasteiger partial charge in [-0.1, -0.05) is 64.5 Å². The number of halogens is 1. The second kappa shape index (κ2) is 8.36. The van der Waals surface area contributed by atoms with E-state index in [1.54, 1.807) is 18.2 Å². The molecule has 0 aliphatic carbocycles. The van der Waals surface area contributed by atoms with Crippen LogP contribution in [-0.2, 0) is 0 Å². The average molecular weight is 390 g/mol. The number of nitrogens with zero attached hydrogens (tertiary/aromatic N) is 1. The largest absolute Gasteiger partial charge is 0.289 e. The summed E-state index contributed by atoms with van der Waals surface area (Å²) in [6.45, 7) is 0. The van der Waals surface area contributed by atoms with Gasteiger partial charge in [0.2, 0.25) is 0 Å². The molecule has 25 heavy (non-hydrogen) atoms. The van der Waals surface area contributed by atoms with Crippen LogP contribution in [0.4, 0.5) is 5.69 Å². The van der Waals surface area contributed by atoms with Crippen LogP contribution in [0.1, 0.15) is 21.5 Å². The third-order valence-corrected chi connectivity index (χ3v) is 4.16. The van der Waals surface area contributed by atoms with Gasteiger partial charge < -0.3 is 0 Å². The molecule has 2 nitrogen and oxygen atoms in total. The first kappa shape index (κ1) is 17.1. The molecule has 3 heteroatoms. The summed E-state index contributed by atoms with van der Waals surface area (Å²) in [5, 5.41) is 0. The summed E-state index contributed by atoms with van der Waals surface area (Å²) in [5.74, 6) is -0.0330. The Morgan fingerprint density at radius 1 is 0.840 bits per heavy atom. The van der Waals surface area contributed by atoms with Gasteiger partial charge in [-0.3, -0.25) is 9.79 Å². The van der Waals surface area contributed by atoms with Gasteiger partial charge in [0.25, 0.3) is 0 Å². The fourth-order valence-electron chi connectivity index (χ4n) is 2.31. The fourth-order valence-corrected chi connectivity index (χ4v) is 2.57. The molecule has 3 aromatic rings. The monoisotopic (exact) mass is 389 g/mol. The molecule has 0 saturated carbocycles. The number of aliphatic imine (C=N–C) groups is 1. The highest BCUT2D eigenvalue weighted by atomic mass is 79.9. The third kappa shape index (κ3) is 4.85. The van der Waals surface area contributed by atoms with Crippen LogP contribution in [0.15, 0.2) is 94.4 Å². The van der Waals surface area contributed by atoms with E-state index in [2.05, 4.69) is 20.9 Å². The minimum absolute atomic E-state index is 0.0330. The number of benzene rings is 3. The van der Waals surface area contributed by atoms with Gasteiger partial charge in [-0.05, 0) is 48.0 Å². The van der Waals surface area contributed by atoms with Crippen molar-refractivity contribution in [3.8, 4) is 0 Å². The van der Waals surface area contributed by atoms with Crippen molar-refractivity contribution in [2.75, 3.05) is 0 Å². The lowest BCUT2D eigenvalue weighted by molar-refractivity contribution is 0.104. The minimum Gasteiger partial charge on any atom is -0.289 e. The Morgan fingerprint density at radius 2 is 1.52 bits per heavy atom. The summed E-state index contributed by atoms with van der Waals surface area (Å²) in [5.41, 5.74) is 3.42. The zero-order valence-corrected chi connectivity index (χ0v) is 15.1.